The van der Waals surface area contributed by atoms with Crippen molar-refractivity contribution >= 4 is 11.8 Å². The third kappa shape index (κ3) is 3.90. The van der Waals surface area contributed by atoms with Crippen molar-refractivity contribution in [2.75, 3.05) is 26.0 Å². The van der Waals surface area contributed by atoms with Crippen LogP contribution in [0.15, 0.2) is 10.6 Å². The molecule has 6 nitrogen and oxygen atoms in total. The lowest BCUT2D eigenvalue weighted by atomic mass is 10.3. The Morgan fingerprint density at radius 3 is 2.81 bits per heavy atom. The first-order valence-electron chi connectivity index (χ1n) is 5.13. The van der Waals surface area contributed by atoms with Crippen molar-refractivity contribution in [3.05, 3.63) is 11.8 Å². The number of anilines is 1. The van der Waals surface area contributed by atoms with Gasteiger partial charge < -0.3 is 14.7 Å². The largest absolute Gasteiger partial charge is 0.360 e. The first-order valence-corrected chi connectivity index (χ1v) is 5.13. The molecule has 0 spiro atoms. The lowest BCUT2D eigenvalue weighted by Gasteiger charge is -2.19. The quantitative estimate of drug-likeness (QED) is 0.805. The standard InChI is InChI=1S/C10H18N4O2/c1-7(14(3)4)6-11-10(15)12-9-5-8(2)16-13-9/h5,7H,6H2,1-4H3,(H2,11,12,13,15)/t7-/m0/s1. The predicted octanol–water partition coefficient (Wildman–Crippen LogP) is 1.05. The Morgan fingerprint density at radius 1 is 1.62 bits per heavy atom. The van der Waals surface area contributed by atoms with E-state index in [1.807, 2.05) is 25.9 Å². The van der Waals surface area contributed by atoms with Gasteiger partial charge in [-0.2, -0.15) is 0 Å². The molecular weight excluding hydrogens is 208 g/mol. The van der Waals surface area contributed by atoms with E-state index in [1.165, 1.54) is 0 Å². The van der Waals surface area contributed by atoms with E-state index >= 15 is 0 Å². The molecule has 6 heteroatoms. The van der Waals surface area contributed by atoms with Crippen LogP contribution in [-0.4, -0.2) is 42.8 Å². The molecule has 0 aliphatic carbocycles. The minimum Gasteiger partial charge on any atom is -0.360 e. The molecule has 0 saturated carbocycles. The fourth-order valence-corrected chi connectivity index (χ4v) is 1.01. The van der Waals surface area contributed by atoms with Gasteiger partial charge >= 0.3 is 6.03 Å². The molecule has 1 rings (SSSR count). The second kappa shape index (κ2) is 5.50. The number of hydrogen-bond donors (Lipinski definition) is 2. The summed E-state index contributed by atoms with van der Waals surface area (Å²) in [5, 5.41) is 8.99. The normalized spacial score (nSPS) is 12.6. The van der Waals surface area contributed by atoms with Crippen molar-refractivity contribution in [3.63, 3.8) is 0 Å². The van der Waals surface area contributed by atoms with Crippen LogP contribution < -0.4 is 10.6 Å². The first-order chi connectivity index (χ1) is 7.49. The van der Waals surface area contributed by atoms with Crippen LogP contribution in [0.3, 0.4) is 0 Å². The zero-order valence-electron chi connectivity index (χ0n) is 10.1. The number of urea groups is 1. The average Bonchev–Trinajstić information content (AvgIpc) is 2.60. The minimum absolute atomic E-state index is 0.276. The topological polar surface area (TPSA) is 70.4 Å². The maximum atomic E-state index is 11.4. The van der Waals surface area contributed by atoms with Crippen molar-refractivity contribution < 1.29 is 9.32 Å². The van der Waals surface area contributed by atoms with E-state index in [4.69, 9.17) is 4.52 Å². The predicted molar refractivity (Wildman–Crippen MR) is 61.4 cm³/mol. The summed E-state index contributed by atoms with van der Waals surface area (Å²) in [6, 6.07) is 1.67. The van der Waals surface area contributed by atoms with Crippen molar-refractivity contribution in [2.45, 2.75) is 19.9 Å². The van der Waals surface area contributed by atoms with E-state index in [2.05, 4.69) is 15.8 Å². The lowest BCUT2D eigenvalue weighted by Crippen LogP contribution is -2.40. The first kappa shape index (κ1) is 12.5. The molecule has 1 atom stereocenters. The third-order valence-corrected chi connectivity index (χ3v) is 2.31. The van der Waals surface area contributed by atoms with Crippen molar-refractivity contribution in [3.8, 4) is 0 Å². The number of aromatic nitrogens is 1. The summed E-state index contributed by atoms with van der Waals surface area (Å²) in [6.07, 6.45) is 0. The number of hydrogen-bond acceptors (Lipinski definition) is 4. The lowest BCUT2D eigenvalue weighted by molar-refractivity contribution is 0.245. The van der Waals surface area contributed by atoms with Gasteiger partial charge in [0.05, 0.1) is 0 Å². The van der Waals surface area contributed by atoms with Crippen LogP contribution in [0.5, 0.6) is 0 Å². The molecule has 0 aromatic carbocycles. The van der Waals surface area contributed by atoms with Gasteiger partial charge in [-0.25, -0.2) is 4.79 Å². The molecule has 0 aliphatic heterocycles. The number of rotatable bonds is 4. The van der Waals surface area contributed by atoms with Gasteiger partial charge in [0.15, 0.2) is 5.82 Å². The molecule has 0 radical (unpaired) electrons. The van der Waals surface area contributed by atoms with Gasteiger partial charge in [0.25, 0.3) is 0 Å². The molecule has 0 bridgehead atoms. The van der Waals surface area contributed by atoms with E-state index in [0.29, 0.717) is 18.1 Å². The molecule has 0 saturated heterocycles. The fraction of sp³-hybridized carbons (Fsp3) is 0.600. The number of carbonyl (C=O) groups excluding carboxylic acids is 1. The number of likely N-dealkylation sites (N-methyl/N-ethyl adjacent to an activating group) is 1. The van der Waals surface area contributed by atoms with Crippen LogP contribution in [0.1, 0.15) is 12.7 Å². The summed E-state index contributed by atoms with van der Waals surface area (Å²) in [5.41, 5.74) is 0. The fourth-order valence-electron chi connectivity index (χ4n) is 1.01. The van der Waals surface area contributed by atoms with E-state index in [0.717, 1.165) is 0 Å². The molecule has 0 fully saturated rings. The highest BCUT2D eigenvalue weighted by Gasteiger charge is 2.08. The second-order valence-corrected chi connectivity index (χ2v) is 3.97. The van der Waals surface area contributed by atoms with Crippen molar-refractivity contribution in [2.24, 2.45) is 0 Å². The van der Waals surface area contributed by atoms with Crippen LogP contribution >= 0.6 is 0 Å². The Hall–Kier alpha value is -1.56. The summed E-state index contributed by atoms with van der Waals surface area (Å²) >= 11 is 0. The highest BCUT2D eigenvalue weighted by molar-refractivity contribution is 5.88. The average molecular weight is 226 g/mol. The van der Waals surface area contributed by atoms with Gasteiger partial charge in [0.1, 0.15) is 5.76 Å². The highest BCUT2D eigenvalue weighted by Crippen LogP contribution is 2.06. The minimum atomic E-state index is -0.276. The van der Waals surface area contributed by atoms with Gasteiger partial charge in [-0.3, -0.25) is 5.32 Å². The summed E-state index contributed by atoms with van der Waals surface area (Å²) < 4.78 is 4.83. The Bertz CT molecular complexity index is 348. The number of carbonyl (C=O) groups is 1. The van der Waals surface area contributed by atoms with Gasteiger partial charge in [-0.15, -0.1) is 0 Å². The Balaban J connectivity index is 2.31. The Morgan fingerprint density at radius 2 is 2.31 bits per heavy atom. The van der Waals surface area contributed by atoms with Crippen LogP contribution in [0.25, 0.3) is 0 Å². The molecule has 16 heavy (non-hydrogen) atoms. The summed E-state index contributed by atoms with van der Waals surface area (Å²) in [6.45, 7) is 4.38. The molecule has 1 aromatic rings. The van der Waals surface area contributed by atoms with Gasteiger partial charge in [-0.05, 0) is 27.9 Å². The number of amides is 2. The second-order valence-electron chi connectivity index (χ2n) is 3.97. The third-order valence-electron chi connectivity index (χ3n) is 2.31. The molecule has 2 amide bonds. The van der Waals surface area contributed by atoms with E-state index in [1.54, 1.807) is 13.0 Å². The van der Waals surface area contributed by atoms with E-state index in [9.17, 15) is 4.79 Å². The van der Waals surface area contributed by atoms with Gasteiger partial charge in [-0.1, -0.05) is 5.16 Å². The zero-order chi connectivity index (χ0) is 12.1. The molecule has 2 N–H and O–H groups in total. The molecule has 0 aliphatic rings. The highest BCUT2D eigenvalue weighted by atomic mass is 16.5. The smallest absolute Gasteiger partial charge is 0.320 e. The van der Waals surface area contributed by atoms with Gasteiger partial charge in [0.2, 0.25) is 0 Å². The summed E-state index contributed by atoms with van der Waals surface area (Å²) in [7, 11) is 3.93. The molecule has 1 aromatic heterocycles. The summed E-state index contributed by atoms with van der Waals surface area (Å²) in [5.74, 6) is 1.09. The van der Waals surface area contributed by atoms with Crippen LogP contribution in [0, 0.1) is 6.92 Å². The summed E-state index contributed by atoms with van der Waals surface area (Å²) in [4.78, 5) is 13.5. The van der Waals surface area contributed by atoms with E-state index < -0.39 is 0 Å². The van der Waals surface area contributed by atoms with Crippen molar-refractivity contribution in [1.29, 1.82) is 0 Å². The van der Waals surface area contributed by atoms with E-state index in [-0.39, 0.29) is 12.1 Å². The van der Waals surface area contributed by atoms with Crippen molar-refractivity contribution in [1.82, 2.24) is 15.4 Å². The molecular formula is C10H18N4O2. The number of nitrogens with one attached hydrogen (secondary N) is 2. The monoisotopic (exact) mass is 226 g/mol. The maximum absolute atomic E-state index is 11.4. The molecule has 0 unspecified atom stereocenters. The molecule has 1 heterocycles. The maximum Gasteiger partial charge on any atom is 0.320 e. The van der Waals surface area contributed by atoms with Gasteiger partial charge in [0, 0.05) is 18.7 Å². The van der Waals surface area contributed by atoms with Crippen LogP contribution in [0.4, 0.5) is 10.6 Å². The Kier molecular flexibility index (Phi) is 4.30. The van der Waals surface area contributed by atoms with Crippen LogP contribution in [-0.2, 0) is 0 Å². The zero-order valence-corrected chi connectivity index (χ0v) is 10.1. The SMILES string of the molecule is Cc1cc(NC(=O)NC[C@H](C)N(C)C)no1. The molecule has 90 valence electrons. The van der Waals surface area contributed by atoms with Crippen LogP contribution in [0.2, 0.25) is 0 Å². The Labute approximate surface area is 95.0 Å². The number of aryl methyl sites for hydroxylation is 1. The number of nitrogens with zero attached hydrogens (tertiary/aromatic N) is 2.